The van der Waals surface area contributed by atoms with Gasteiger partial charge in [-0.15, -0.1) is 0 Å². The van der Waals surface area contributed by atoms with E-state index in [2.05, 4.69) is 0 Å². The van der Waals surface area contributed by atoms with Gasteiger partial charge in [-0.25, -0.2) is 0 Å². The van der Waals surface area contributed by atoms with Crippen LogP contribution in [0.1, 0.15) is 0 Å². The summed E-state index contributed by atoms with van der Waals surface area (Å²) >= 11 is 0. The average Bonchev–Trinajstić information content (AvgIpc) is 1.88. The van der Waals surface area contributed by atoms with Gasteiger partial charge in [0.2, 0.25) is 0 Å². The minimum Gasteiger partial charge on any atom is -0.497 e. The van der Waals surface area contributed by atoms with Crippen molar-refractivity contribution in [3.8, 4) is 11.5 Å². The van der Waals surface area contributed by atoms with Crippen molar-refractivity contribution < 1.29 is 9.84 Å². The molecule has 2 nitrogen and oxygen atoms in total. The van der Waals surface area contributed by atoms with Crippen molar-refractivity contribution in [3.63, 3.8) is 0 Å². The highest BCUT2D eigenvalue weighted by atomic mass is 16.5. The maximum Gasteiger partial charge on any atom is 0.182 e. The second-order valence-electron chi connectivity index (χ2n) is 1.68. The first-order valence-electron chi connectivity index (χ1n) is 2.64. The SMILES string of the molecule is COc1cccc([O])c1. The van der Waals surface area contributed by atoms with Crippen LogP contribution in [-0.2, 0) is 5.11 Å². The van der Waals surface area contributed by atoms with Crippen LogP contribution in [0.2, 0.25) is 0 Å². The van der Waals surface area contributed by atoms with Crippen molar-refractivity contribution in [3.05, 3.63) is 24.3 Å². The second-order valence-corrected chi connectivity index (χ2v) is 1.68. The Morgan fingerprint density at radius 2 is 2.22 bits per heavy atom. The van der Waals surface area contributed by atoms with Gasteiger partial charge in [0, 0.05) is 6.07 Å². The first kappa shape index (κ1) is 5.95. The summed E-state index contributed by atoms with van der Waals surface area (Å²) in [6.07, 6.45) is 0. The van der Waals surface area contributed by atoms with Crippen molar-refractivity contribution in [1.29, 1.82) is 0 Å². The normalized spacial score (nSPS) is 9.00. The number of ether oxygens (including phenoxy) is 1. The Labute approximate surface area is 53.7 Å². The fourth-order valence-electron chi connectivity index (χ4n) is 0.601. The monoisotopic (exact) mass is 123 g/mol. The molecule has 0 aromatic heterocycles. The third-order valence-corrected chi connectivity index (χ3v) is 1.04. The highest BCUT2D eigenvalue weighted by molar-refractivity contribution is 5.31. The van der Waals surface area contributed by atoms with Crippen LogP contribution in [0.3, 0.4) is 0 Å². The van der Waals surface area contributed by atoms with Gasteiger partial charge < -0.3 is 4.74 Å². The zero-order chi connectivity index (χ0) is 6.69. The van der Waals surface area contributed by atoms with Gasteiger partial charge >= 0.3 is 0 Å². The van der Waals surface area contributed by atoms with Gasteiger partial charge in [-0.05, 0) is 12.1 Å². The number of hydrogen-bond acceptors (Lipinski definition) is 1. The zero-order valence-corrected chi connectivity index (χ0v) is 5.13. The van der Waals surface area contributed by atoms with E-state index in [-0.39, 0.29) is 5.75 Å². The number of hydrogen-bond donors (Lipinski definition) is 0. The summed E-state index contributed by atoms with van der Waals surface area (Å²) in [6, 6.07) is 6.34. The topological polar surface area (TPSA) is 29.1 Å². The Hall–Kier alpha value is -1.18. The molecule has 0 spiro atoms. The van der Waals surface area contributed by atoms with E-state index in [0.29, 0.717) is 5.75 Å². The molecule has 0 unspecified atom stereocenters. The largest absolute Gasteiger partial charge is 0.497 e. The van der Waals surface area contributed by atoms with Gasteiger partial charge in [-0.3, -0.25) is 5.11 Å². The van der Waals surface area contributed by atoms with Crippen LogP contribution in [0, 0.1) is 0 Å². The molecule has 0 aliphatic rings. The molecule has 2 heteroatoms. The molecule has 1 rings (SSSR count). The van der Waals surface area contributed by atoms with Gasteiger partial charge in [0.15, 0.2) is 5.75 Å². The molecular formula is C7H7O2. The van der Waals surface area contributed by atoms with Crippen molar-refractivity contribution in [2.24, 2.45) is 0 Å². The molecule has 0 fully saturated rings. The fourth-order valence-corrected chi connectivity index (χ4v) is 0.601. The summed E-state index contributed by atoms with van der Waals surface area (Å²) < 4.78 is 4.80. The lowest BCUT2D eigenvalue weighted by molar-refractivity contribution is 0.348. The Balaban J connectivity index is 2.94. The van der Waals surface area contributed by atoms with Gasteiger partial charge in [0.05, 0.1) is 7.11 Å². The van der Waals surface area contributed by atoms with Crippen LogP contribution < -0.4 is 4.74 Å². The summed E-state index contributed by atoms with van der Waals surface area (Å²) in [5, 5.41) is 10.6. The quantitative estimate of drug-likeness (QED) is 0.560. The van der Waals surface area contributed by atoms with E-state index in [1.54, 1.807) is 12.1 Å². The Morgan fingerprint density at radius 1 is 1.44 bits per heavy atom. The fraction of sp³-hybridized carbons (Fsp3) is 0.143. The summed E-state index contributed by atoms with van der Waals surface area (Å²) in [5.41, 5.74) is 0. The second kappa shape index (κ2) is 2.40. The molecule has 0 saturated heterocycles. The van der Waals surface area contributed by atoms with E-state index in [0.717, 1.165) is 0 Å². The highest BCUT2D eigenvalue weighted by Crippen LogP contribution is 2.16. The third-order valence-electron chi connectivity index (χ3n) is 1.04. The number of rotatable bonds is 1. The van der Waals surface area contributed by atoms with Crippen LogP contribution in [0.25, 0.3) is 0 Å². The maximum atomic E-state index is 10.6. The van der Waals surface area contributed by atoms with Crippen LogP contribution in [0.15, 0.2) is 24.3 Å². The number of benzene rings is 1. The standard InChI is InChI=1S/C7H7O2/c1-9-7-4-2-3-6(8)5-7/h2-5H,1H3. The molecule has 0 atom stereocenters. The summed E-state index contributed by atoms with van der Waals surface area (Å²) in [5.74, 6) is 0.594. The molecule has 1 radical (unpaired) electrons. The van der Waals surface area contributed by atoms with Crippen molar-refractivity contribution >= 4 is 0 Å². The van der Waals surface area contributed by atoms with Crippen LogP contribution >= 0.6 is 0 Å². The average molecular weight is 123 g/mol. The van der Waals surface area contributed by atoms with Crippen LogP contribution in [0.5, 0.6) is 11.5 Å². The Bertz CT molecular complexity index is 196. The van der Waals surface area contributed by atoms with E-state index >= 15 is 0 Å². The molecular weight excluding hydrogens is 116 g/mol. The summed E-state index contributed by atoms with van der Waals surface area (Å²) in [4.78, 5) is 0. The van der Waals surface area contributed by atoms with Gasteiger partial charge in [0.1, 0.15) is 5.75 Å². The lowest BCUT2D eigenvalue weighted by Gasteiger charge is -1.95. The van der Waals surface area contributed by atoms with Gasteiger partial charge in [-0.1, -0.05) is 6.07 Å². The van der Waals surface area contributed by atoms with Crippen LogP contribution in [-0.4, -0.2) is 7.11 Å². The zero-order valence-electron chi connectivity index (χ0n) is 5.13. The molecule has 1 aromatic carbocycles. The molecule has 0 aliphatic heterocycles. The van der Waals surface area contributed by atoms with Crippen LogP contribution in [0.4, 0.5) is 0 Å². The lowest BCUT2D eigenvalue weighted by atomic mass is 10.3. The lowest BCUT2D eigenvalue weighted by Crippen LogP contribution is -1.79. The van der Waals surface area contributed by atoms with E-state index in [1.165, 1.54) is 19.2 Å². The smallest absolute Gasteiger partial charge is 0.182 e. The molecule has 47 valence electrons. The van der Waals surface area contributed by atoms with Gasteiger partial charge in [0.25, 0.3) is 0 Å². The highest BCUT2D eigenvalue weighted by Gasteiger charge is 1.91. The molecule has 1 aromatic rings. The van der Waals surface area contributed by atoms with E-state index in [4.69, 9.17) is 4.74 Å². The maximum absolute atomic E-state index is 10.6. The predicted octanol–water partition coefficient (Wildman–Crippen LogP) is 1.84. The van der Waals surface area contributed by atoms with Crippen molar-refractivity contribution in [2.75, 3.05) is 7.11 Å². The summed E-state index contributed by atoms with van der Waals surface area (Å²) in [6.45, 7) is 0. The Morgan fingerprint density at radius 3 is 2.67 bits per heavy atom. The van der Waals surface area contributed by atoms with Crippen molar-refractivity contribution in [1.82, 2.24) is 0 Å². The predicted molar refractivity (Wildman–Crippen MR) is 33.1 cm³/mol. The molecule has 9 heavy (non-hydrogen) atoms. The molecule has 0 amide bonds. The van der Waals surface area contributed by atoms with E-state index in [9.17, 15) is 5.11 Å². The van der Waals surface area contributed by atoms with Crippen molar-refractivity contribution in [2.45, 2.75) is 0 Å². The third kappa shape index (κ3) is 1.35. The number of methoxy groups -OCH3 is 1. The van der Waals surface area contributed by atoms with E-state index in [1.807, 2.05) is 0 Å². The Kier molecular flexibility index (Phi) is 1.58. The minimum absolute atomic E-state index is 0.0191. The molecule has 0 N–H and O–H groups in total. The van der Waals surface area contributed by atoms with E-state index < -0.39 is 0 Å². The van der Waals surface area contributed by atoms with Gasteiger partial charge in [-0.2, -0.15) is 0 Å². The summed E-state index contributed by atoms with van der Waals surface area (Å²) in [7, 11) is 1.54. The molecule has 0 aliphatic carbocycles. The first-order valence-corrected chi connectivity index (χ1v) is 2.64. The first-order chi connectivity index (χ1) is 4.33. The minimum atomic E-state index is -0.0191. The molecule has 0 saturated carbocycles. The molecule has 0 bridgehead atoms. The molecule has 0 heterocycles.